The molecular formula is C16H25Cl2N3O2. The average molecular weight is 362 g/mol. The van der Waals surface area contributed by atoms with Gasteiger partial charge in [0.1, 0.15) is 0 Å². The Balaban J connectivity index is 0.00000132. The molecule has 0 unspecified atom stereocenters. The number of nitrogens with one attached hydrogen (secondary N) is 1. The molecule has 2 atom stereocenters. The Hall–Kier alpha value is -0.880. The molecule has 3 N–H and O–H groups in total. The van der Waals surface area contributed by atoms with Crippen LogP contribution in [0.1, 0.15) is 31.2 Å². The Morgan fingerprint density at radius 3 is 2.57 bits per heavy atom. The molecule has 2 fully saturated rings. The zero-order valence-corrected chi connectivity index (χ0v) is 14.7. The monoisotopic (exact) mass is 361 g/mol. The summed E-state index contributed by atoms with van der Waals surface area (Å²) in [5, 5.41) is 3.13. The fraction of sp³-hybridized carbons (Fsp3) is 0.625. The third-order valence-electron chi connectivity index (χ3n) is 4.71. The second kappa shape index (κ2) is 8.83. The number of hydrogen-bond donors (Lipinski definition) is 2. The molecule has 0 bridgehead atoms. The lowest BCUT2D eigenvalue weighted by Crippen LogP contribution is -2.55. The summed E-state index contributed by atoms with van der Waals surface area (Å²) in [5.74, 6) is 0.302. The lowest BCUT2D eigenvalue weighted by atomic mass is 9.93. The van der Waals surface area contributed by atoms with E-state index in [1.807, 2.05) is 12.1 Å². The van der Waals surface area contributed by atoms with E-state index in [9.17, 15) is 4.79 Å². The van der Waals surface area contributed by atoms with E-state index < -0.39 is 5.54 Å². The molecule has 7 heteroatoms. The van der Waals surface area contributed by atoms with Crippen LogP contribution >= 0.6 is 24.8 Å². The summed E-state index contributed by atoms with van der Waals surface area (Å²) < 4.78 is 5.57. The minimum atomic E-state index is -0.663. The number of nitrogens with two attached hydrogens (primary N) is 1. The second-order valence-corrected chi connectivity index (χ2v) is 6.30. The van der Waals surface area contributed by atoms with Gasteiger partial charge in [-0.25, -0.2) is 0 Å². The van der Waals surface area contributed by atoms with Crippen molar-refractivity contribution < 1.29 is 9.53 Å². The van der Waals surface area contributed by atoms with Gasteiger partial charge in [0.25, 0.3) is 0 Å². The van der Waals surface area contributed by atoms with Gasteiger partial charge in [-0.3, -0.25) is 9.78 Å². The predicted molar refractivity (Wildman–Crippen MR) is 94.1 cm³/mol. The molecule has 130 valence electrons. The van der Waals surface area contributed by atoms with Gasteiger partial charge < -0.3 is 15.8 Å². The molecule has 2 aliphatic rings. The summed E-state index contributed by atoms with van der Waals surface area (Å²) in [6.07, 6.45) is 8.17. The first-order valence-corrected chi connectivity index (χ1v) is 7.74. The van der Waals surface area contributed by atoms with Crippen LogP contribution in [0.3, 0.4) is 0 Å². The highest BCUT2D eigenvalue weighted by molar-refractivity contribution is 5.86. The van der Waals surface area contributed by atoms with E-state index in [1.165, 1.54) is 5.56 Å². The molecule has 23 heavy (non-hydrogen) atoms. The molecule has 0 radical (unpaired) electrons. The maximum absolute atomic E-state index is 12.4. The fourth-order valence-electron chi connectivity index (χ4n) is 3.33. The molecule has 5 nitrogen and oxygen atoms in total. The van der Waals surface area contributed by atoms with Crippen molar-refractivity contribution in [3.05, 3.63) is 30.1 Å². The molecule has 3 rings (SSSR count). The average Bonchev–Trinajstić information content (AvgIpc) is 3.11. The highest BCUT2D eigenvalue weighted by Gasteiger charge is 2.39. The minimum absolute atomic E-state index is 0. The van der Waals surface area contributed by atoms with E-state index >= 15 is 0 Å². The molecule has 1 aromatic heterocycles. The van der Waals surface area contributed by atoms with Crippen LogP contribution in [0, 0.1) is 5.92 Å². The summed E-state index contributed by atoms with van der Waals surface area (Å²) in [5.41, 5.74) is 6.78. The van der Waals surface area contributed by atoms with Crippen molar-refractivity contribution in [1.29, 1.82) is 0 Å². The van der Waals surface area contributed by atoms with Gasteiger partial charge in [-0.05, 0) is 37.0 Å². The van der Waals surface area contributed by atoms with Gasteiger partial charge in [0.05, 0.1) is 24.8 Å². The van der Waals surface area contributed by atoms with Gasteiger partial charge in [0.2, 0.25) is 5.91 Å². The number of halogens is 2. The van der Waals surface area contributed by atoms with Crippen molar-refractivity contribution >= 4 is 30.7 Å². The molecule has 1 amide bonds. The normalized spacial score (nSPS) is 25.3. The van der Waals surface area contributed by atoms with Crippen LogP contribution in [-0.2, 0) is 16.0 Å². The number of ether oxygens (including phenoxy) is 1. The quantitative estimate of drug-likeness (QED) is 0.857. The SMILES string of the molecule is Cl.Cl.NC1(C(=O)N[C@@H]2COC[C@H]2Cc2ccncc2)CCCC1. The van der Waals surface area contributed by atoms with Crippen LogP contribution in [0.4, 0.5) is 0 Å². The Morgan fingerprint density at radius 1 is 1.26 bits per heavy atom. The first kappa shape index (κ1) is 20.2. The molecule has 0 spiro atoms. The van der Waals surface area contributed by atoms with Crippen LogP contribution in [0.5, 0.6) is 0 Å². The third kappa shape index (κ3) is 4.80. The maximum Gasteiger partial charge on any atom is 0.240 e. The van der Waals surface area contributed by atoms with Crippen molar-refractivity contribution in [2.24, 2.45) is 11.7 Å². The molecular weight excluding hydrogens is 337 g/mol. The summed E-state index contributed by atoms with van der Waals surface area (Å²) in [7, 11) is 0. The lowest BCUT2D eigenvalue weighted by molar-refractivity contribution is -0.127. The van der Waals surface area contributed by atoms with Gasteiger partial charge in [0.15, 0.2) is 0 Å². The van der Waals surface area contributed by atoms with Crippen molar-refractivity contribution in [1.82, 2.24) is 10.3 Å². The Labute approximate surface area is 149 Å². The van der Waals surface area contributed by atoms with Crippen LogP contribution in [-0.4, -0.2) is 35.7 Å². The molecule has 2 heterocycles. The Bertz CT molecular complexity index is 495. The van der Waals surface area contributed by atoms with Crippen LogP contribution < -0.4 is 11.1 Å². The smallest absolute Gasteiger partial charge is 0.240 e. The fourth-order valence-corrected chi connectivity index (χ4v) is 3.33. The summed E-state index contributed by atoms with van der Waals surface area (Å²) in [6, 6.07) is 4.09. The number of pyridine rings is 1. The van der Waals surface area contributed by atoms with Crippen LogP contribution in [0.25, 0.3) is 0 Å². The van der Waals surface area contributed by atoms with E-state index in [0.29, 0.717) is 19.1 Å². The van der Waals surface area contributed by atoms with Gasteiger partial charge in [-0.1, -0.05) is 12.8 Å². The van der Waals surface area contributed by atoms with Crippen molar-refractivity contribution in [3.63, 3.8) is 0 Å². The van der Waals surface area contributed by atoms with E-state index in [2.05, 4.69) is 10.3 Å². The first-order valence-electron chi connectivity index (χ1n) is 7.74. The highest BCUT2D eigenvalue weighted by atomic mass is 35.5. The summed E-state index contributed by atoms with van der Waals surface area (Å²) in [6.45, 7) is 1.27. The van der Waals surface area contributed by atoms with Crippen molar-refractivity contribution in [2.45, 2.75) is 43.7 Å². The Morgan fingerprint density at radius 2 is 1.91 bits per heavy atom. The number of carbonyl (C=O) groups excluding carboxylic acids is 1. The molecule has 1 saturated heterocycles. The third-order valence-corrected chi connectivity index (χ3v) is 4.71. The zero-order chi connectivity index (χ0) is 14.7. The van der Waals surface area contributed by atoms with Crippen LogP contribution in [0.2, 0.25) is 0 Å². The van der Waals surface area contributed by atoms with Gasteiger partial charge in [-0.15, -0.1) is 24.8 Å². The molecule has 0 aromatic carbocycles. The number of amides is 1. The largest absolute Gasteiger partial charge is 0.379 e. The number of nitrogens with zero attached hydrogens (tertiary/aromatic N) is 1. The highest BCUT2D eigenvalue weighted by Crippen LogP contribution is 2.28. The number of rotatable bonds is 4. The van der Waals surface area contributed by atoms with Crippen molar-refractivity contribution in [2.75, 3.05) is 13.2 Å². The van der Waals surface area contributed by atoms with Crippen LogP contribution in [0.15, 0.2) is 24.5 Å². The van der Waals surface area contributed by atoms with Gasteiger partial charge >= 0.3 is 0 Å². The molecule has 1 saturated carbocycles. The van der Waals surface area contributed by atoms with Crippen molar-refractivity contribution in [3.8, 4) is 0 Å². The standard InChI is InChI=1S/C16H23N3O2.2ClH/c17-16(5-1-2-6-16)15(20)19-14-11-21-10-13(14)9-12-3-7-18-8-4-12;;/h3-4,7-8,13-14H,1-2,5-6,9-11,17H2,(H,19,20);2*1H/t13-,14-;;/m1../s1. The summed E-state index contributed by atoms with van der Waals surface area (Å²) in [4.78, 5) is 16.5. The van der Waals surface area contributed by atoms with E-state index in [1.54, 1.807) is 12.4 Å². The number of hydrogen-bond acceptors (Lipinski definition) is 4. The first-order chi connectivity index (χ1) is 10.2. The molecule has 1 aliphatic carbocycles. The van der Waals surface area contributed by atoms with E-state index in [-0.39, 0.29) is 36.8 Å². The van der Waals surface area contributed by atoms with Gasteiger partial charge in [-0.2, -0.15) is 0 Å². The summed E-state index contributed by atoms with van der Waals surface area (Å²) >= 11 is 0. The minimum Gasteiger partial charge on any atom is -0.379 e. The number of aromatic nitrogens is 1. The van der Waals surface area contributed by atoms with Gasteiger partial charge in [0, 0.05) is 18.3 Å². The Kier molecular flexibility index (Phi) is 7.74. The molecule has 1 aliphatic heterocycles. The van der Waals surface area contributed by atoms with E-state index in [4.69, 9.17) is 10.5 Å². The maximum atomic E-state index is 12.4. The molecule has 1 aromatic rings. The van der Waals surface area contributed by atoms with E-state index in [0.717, 1.165) is 32.1 Å². The number of carbonyl (C=O) groups is 1. The predicted octanol–water partition coefficient (Wildman–Crippen LogP) is 1.87. The second-order valence-electron chi connectivity index (χ2n) is 6.30. The topological polar surface area (TPSA) is 77.2 Å². The lowest BCUT2D eigenvalue weighted by Gasteiger charge is -2.27. The zero-order valence-electron chi connectivity index (χ0n) is 13.1.